The monoisotopic (exact) mass is 504 g/mol. The van der Waals surface area contributed by atoms with Crippen molar-refractivity contribution >= 4 is 53.5 Å². The quantitative estimate of drug-likeness (QED) is 0.196. The van der Waals surface area contributed by atoms with Crippen LogP contribution in [0.5, 0.6) is 0 Å². The number of carbonyl (C=O) groups is 2. The summed E-state index contributed by atoms with van der Waals surface area (Å²) in [5.74, 6) is 4.38. The van der Waals surface area contributed by atoms with E-state index in [1.165, 1.54) is 29.2 Å². The van der Waals surface area contributed by atoms with Crippen LogP contribution in [0.3, 0.4) is 0 Å². The zero-order valence-corrected chi connectivity index (χ0v) is 18.9. The molecule has 2 bridgehead atoms. The van der Waals surface area contributed by atoms with Gasteiger partial charge in [-0.25, -0.2) is 0 Å². The van der Waals surface area contributed by atoms with Crippen LogP contribution in [-0.4, -0.2) is 60.9 Å². The van der Waals surface area contributed by atoms with E-state index < -0.39 is 0 Å². The standard InChI is InChI=1S/C19H28N4O2S.HI/c1-20-19(22-11-12-4-8-26-9-5-12)21-6-7-23-17(24)15-13-2-3-14(10-13)16(15)18(23)25;/h2-3,12-16H,4-11H2,1H3,(H2,20,21,22);1H. The van der Waals surface area contributed by atoms with Crippen LogP contribution in [0.15, 0.2) is 17.1 Å². The fraction of sp³-hybridized carbons (Fsp3) is 0.737. The number of aliphatic imine (C=N–C) groups is 1. The minimum Gasteiger partial charge on any atom is -0.356 e. The Bertz CT molecular complexity index is 605. The zero-order chi connectivity index (χ0) is 18.1. The first-order valence-corrected chi connectivity index (χ1v) is 10.9. The predicted molar refractivity (Wildman–Crippen MR) is 119 cm³/mol. The highest BCUT2D eigenvalue weighted by Crippen LogP contribution is 2.52. The van der Waals surface area contributed by atoms with Crippen LogP contribution >= 0.6 is 35.7 Å². The molecule has 4 atom stereocenters. The Morgan fingerprint density at radius 3 is 2.37 bits per heavy atom. The Balaban J connectivity index is 0.00000210. The number of guanidine groups is 1. The van der Waals surface area contributed by atoms with Crippen molar-refractivity contribution in [3.63, 3.8) is 0 Å². The number of halogens is 1. The van der Waals surface area contributed by atoms with E-state index in [1.54, 1.807) is 7.05 Å². The molecule has 6 nitrogen and oxygen atoms in total. The predicted octanol–water partition coefficient (Wildman–Crippen LogP) is 1.72. The van der Waals surface area contributed by atoms with Gasteiger partial charge in [0.15, 0.2) is 5.96 Å². The molecule has 2 heterocycles. The molecule has 0 aromatic rings. The van der Waals surface area contributed by atoms with Crippen molar-refractivity contribution in [2.75, 3.05) is 38.2 Å². The van der Waals surface area contributed by atoms with E-state index in [0.717, 1.165) is 18.9 Å². The lowest BCUT2D eigenvalue weighted by Gasteiger charge is -2.23. The third-order valence-electron chi connectivity index (χ3n) is 6.31. The smallest absolute Gasteiger partial charge is 0.233 e. The van der Waals surface area contributed by atoms with Gasteiger partial charge in [-0.15, -0.1) is 24.0 Å². The average molecular weight is 504 g/mol. The zero-order valence-electron chi connectivity index (χ0n) is 15.7. The fourth-order valence-corrected chi connectivity index (χ4v) is 6.09. The van der Waals surface area contributed by atoms with Gasteiger partial charge < -0.3 is 10.6 Å². The van der Waals surface area contributed by atoms with Crippen molar-refractivity contribution < 1.29 is 9.59 Å². The number of rotatable bonds is 5. The van der Waals surface area contributed by atoms with Crippen LogP contribution in [0, 0.1) is 29.6 Å². The molecule has 3 fully saturated rings. The highest BCUT2D eigenvalue weighted by Gasteiger charge is 2.58. The molecule has 8 heteroatoms. The number of likely N-dealkylation sites (tertiary alicyclic amines) is 1. The van der Waals surface area contributed by atoms with Crippen LogP contribution in [0.1, 0.15) is 19.3 Å². The summed E-state index contributed by atoms with van der Waals surface area (Å²) in [4.78, 5) is 31.0. The molecule has 4 unspecified atom stereocenters. The number of thioether (sulfide) groups is 1. The van der Waals surface area contributed by atoms with Crippen molar-refractivity contribution in [1.29, 1.82) is 0 Å². The minimum absolute atomic E-state index is 0. The van der Waals surface area contributed by atoms with E-state index in [0.29, 0.717) is 19.0 Å². The van der Waals surface area contributed by atoms with Crippen molar-refractivity contribution in [2.45, 2.75) is 19.3 Å². The summed E-state index contributed by atoms with van der Waals surface area (Å²) in [7, 11) is 1.76. The van der Waals surface area contributed by atoms with Crippen LogP contribution in [0.2, 0.25) is 0 Å². The molecule has 2 amide bonds. The number of nitrogens with one attached hydrogen (secondary N) is 2. The molecule has 1 saturated carbocycles. The number of amides is 2. The van der Waals surface area contributed by atoms with Gasteiger partial charge in [0.05, 0.1) is 11.8 Å². The molecule has 0 aromatic carbocycles. The number of carbonyl (C=O) groups excluding carboxylic acids is 2. The largest absolute Gasteiger partial charge is 0.356 e. The first kappa shape index (κ1) is 21.0. The van der Waals surface area contributed by atoms with Gasteiger partial charge in [-0.2, -0.15) is 11.8 Å². The van der Waals surface area contributed by atoms with E-state index in [-0.39, 0.29) is 59.5 Å². The van der Waals surface area contributed by atoms with E-state index in [2.05, 4.69) is 27.8 Å². The lowest BCUT2D eigenvalue weighted by atomic mass is 9.85. The molecular weight excluding hydrogens is 475 g/mol. The molecule has 2 saturated heterocycles. The first-order valence-electron chi connectivity index (χ1n) is 9.75. The van der Waals surface area contributed by atoms with Gasteiger partial charge in [0.1, 0.15) is 0 Å². The maximum atomic E-state index is 12.7. The normalized spacial score (nSPS) is 32.6. The van der Waals surface area contributed by atoms with E-state index in [4.69, 9.17) is 0 Å². The van der Waals surface area contributed by atoms with Gasteiger partial charge in [0.25, 0.3) is 0 Å². The maximum absolute atomic E-state index is 12.7. The van der Waals surface area contributed by atoms with Gasteiger partial charge in [0, 0.05) is 26.7 Å². The molecule has 150 valence electrons. The minimum atomic E-state index is -0.0980. The average Bonchev–Trinajstić information content (AvgIpc) is 3.34. The summed E-state index contributed by atoms with van der Waals surface area (Å²) in [5.41, 5.74) is 0. The van der Waals surface area contributed by atoms with Gasteiger partial charge in [-0.3, -0.25) is 19.5 Å². The first-order chi connectivity index (χ1) is 12.7. The number of imide groups is 1. The molecule has 2 aliphatic carbocycles. The lowest BCUT2D eigenvalue weighted by Crippen LogP contribution is -2.45. The fourth-order valence-electron chi connectivity index (χ4n) is 4.88. The summed E-state index contributed by atoms with van der Waals surface area (Å²) in [6.45, 7) is 1.89. The molecule has 0 spiro atoms. The molecule has 0 radical (unpaired) electrons. The number of fused-ring (bicyclic) bond motifs is 5. The Morgan fingerprint density at radius 1 is 1.15 bits per heavy atom. The lowest BCUT2D eigenvalue weighted by molar-refractivity contribution is -0.140. The summed E-state index contributed by atoms with van der Waals surface area (Å²) >= 11 is 2.03. The number of nitrogens with zero attached hydrogens (tertiary/aromatic N) is 2. The second-order valence-electron chi connectivity index (χ2n) is 7.76. The second kappa shape index (κ2) is 9.15. The van der Waals surface area contributed by atoms with Gasteiger partial charge in [-0.1, -0.05) is 12.2 Å². The molecule has 2 N–H and O–H groups in total. The van der Waals surface area contributed by atoms with Crippen LogP contribution in [0.25, 0.3) is 0 Å². The number of hydrogen-bond acceptors (Lipinski definition) is 4. The Kier molecular flexibility index (Phi) is 7.10. The third kappa shape index (κ3) is 4.16. The SMILES string of the molecule is CN=C(NCCN1C(=O)C2C3C=CC(C3)C2C1=O)NCC1CCSCC1.I. The molecule has 0 aromatic heterocycles. The number of allylic oxidation sites excluding steroid dienone is 2. The van der Waals surface area contributed by atoms with Crippen molar-refractivity contribution in [3.8, 4) is 0 Å². The number of hydrogen-bond donors (Lipinski definition) is 2. The molecular formula is C19H29IN4O2S. The van der Waals surface area contributed by atoms with Crippen molar-refractivity contribution in [3.05, 3.63) is 12.2 Å². The summed E-state index contributed by atoms with van der Waals surface area (Å²) in [5, 5.41) is 6.63. The van der Waals surface area contributed by atoms with E-state index in [9.17, 15) is 9.59 Å². The molecule has 2 aliphatic heterocycles. The third-order valence-corrected chi connectivity index (χ3v) is 7.36. The highest BCUT2D eigenvalue weighted by atomic mass is 127. The van der Waals surface area contributed by atoms with Gasteiger partial charge >= 0.3 is 0 Å². The van der Waals surface area contributed by atoms with E-state index >= 15 is 0 Å². The molecule has 4 aliphatic rings. The summed E-state index contributed by atoms with van der Waals surface area (Å²) < 4.78 is 0. The molecule has 27 heavy (non-hydrogen) atoms. The summed E-state index contributed by atoms with van der Waals surface area (Å²) in [6.07, 6.45) is 7.76. The Labute approximate surface area is 182 Å². The second-order valence-corrected chi connectivity index (χ2v) is 8.99. The van der Waals surface area contributed by atoms with Crippen LogP contribution in [0.4, 0.5) is 0 Å². The van der Waals surface area contributed by atoms with E-state index in [1.807, 2.05) is 11.8 Å². The highest BCUT2D eigenvalue weighted by molar-refractivity contribution is 14.0. The van der Waals surface area contributed by atoms with Crippen LogP contribution < -0.4 is 10.6 Å². The van der Waals surface area contributed by atoms with Gasteiger partial charge in [-0.05, 0) is 48.5 Å². The van der Waals surface area contributed by atoms with Crippen molar-refractivity contribution in [2.24, 2.45) is 34.6 Å². The molecule has 4 rings (SSSR count). The van der Waals surface area contributed by atoms with Crippen molar-refractivity contribution in [1.82, 2.24) is 15.5 Å². The Morgan fingerprint density at radius 2 is 1.78 bits per heavy atom. The Hall–Kier alpha value is -0.770. The maximum Gasteiger partial charge on any atom is 0.233 e. The van der Waals surface area contributed by atoms with Crippen LogP contribution in [-0.2, 0) is 9.59 Å². The van der Waals surface area contributed by atoms with Gasteiger partial charge in [0.2, 0.25) is 11.8 Å². The topological polar surface area (TPSA) is 73.8 Å². The summed E-state index contributed by atoms with van der Waals surface area (Å²) in [6, 6.07) is 0.